The first-order valence-corrected chi connectivity index (χ1v) is 10.3. The van der Waals surface area contributed by atoms with Gasteiger partial charge in [0.25, 0.3) is 11.5 Å². The minimum Gasteiger partial charge on any atom is -0.334 e. The van der Waals surface area contributed by atoms with Crippen LogP contribution in [-0.4, -0.2) is 27.8 Å². The van der Waals surface area contributed by atoms with E-state index in [1.807, 2.05) is 18.2 Å². The highest BCUT2D eigenvalue weighted by molar-refractivity contribution is 7.14. The summed E-state index contributed by atoms with van der Waals surface area (Å²) in [6, 6.07) is 9.31. The molecule has 0 unspecified atom stereocenters. The number of carbonyl (C=O) groups excluding carboxylic acids is 1. The fourth-order valence-corrected chi connectivity index (χ4v) is 4.89. The highest BCUT2D eigenvalue weighted by Crippen LogP contribution is 2.29. The molecule has 0 bridgehead atoms. The van der Waals surface area contributed by atoms with Crippen molar-refractivity contribution < 1.29 is 4.79 Å². The van der Waals surface area contributed by atoms with E-state index in [4.69, 9.17) is 0 Å². The van der Waals surface area contributed by atoms with Crippen molar-refractivity contribution in [1.82, 2.24) is 14.9 Å². The largest absolute Gasteiger partial charge is 0.334 e. The summed E-state index contributed by atoms with van der Waals surface area (Å²) in [5, 5.41) is 0.563. The third kappa shape index (κ3) is 3.81. The molecule has 1 aromatic carbocycles. The number of H-pyrrole nitrogens is 1. The number of hydrogen-bond acceptors (Lipinski definition) is 4. The van der Waals surface area contributed by atoms with Crippen LogP contribution in [0.1, 0.15) is 51.6 Å². The Morgan fingerprint density at radius 3 is 2.81 bits per heavy atom. The lowest BCUT2D eigenvalue weighted by Gasteiger charge is -2.15. The topological polar surface area (TPSA) is 66.1 Å². The van der Waals surface area contributed by atoms with Crippen molar-refractivity contribution in [1.29, 1.82) is 0 Å². The molecular weight excluding hydrogens is 358 g/mol. The average Bonchev–Trinajstić information content (AvgIpc) is 3.03. The number of rotatable bonds is 3. The van der Waals surface area contributed by atoms with Crippen LogP contribution >= 0.6 is 11.3 Å². The predicted octanol–water partition coefficient (Wildman–Crippen LogP) is 3.92. The van der Waals surface area contributed by atoms with E-state index < -0.39 is 0 Å². The smallest absolute Gasteiger partial charge is 0.264 e. The summed E-state index contributed by atoms with van der Waals surface area (Å²) in [6.45, 7) is 0.279. The molecule has 0 saturated heterocycles. The van der Waals surface area contributed by atoms with E-state index in [-0.39, 0.29) is 18.0 Å². The molecule has 0 atom stereocenters. The molecule has 0 fully saturated rings. The number of benzene rings is 1. The quantitative estimate of drug-likeness (QED) is 0.748. The third-order valence-corrected chi connectivity index (χ3v) is 6.33. The maximum absolute atomic E-state index is 12.9. The van der Waals surface area contributed by atoms with Crippen molar-refractivity contribution >= 4 is 28.1 Å². The zero-order valence-electron chi connectivity index (χ0n) is 15.5. The SMILES string of the molecule is CN(Cc1nc2ccccc2c(=O)[nH]1)C(=O)c1cc2c(s1)CCCCCC2. The summed E-state index contributed by atoms with van der Waals surface area (Å²) in [4.78, 5) is 36.2. The zero-order valence-corrected chi connectivity index (χ0v) is 16.3. The Hall–Kier alpha value is -2.47. The summed E-state index contributed by atoms with van der Waals surface area (Å²) in [6.07, 6.45) is 7.12. The molecule has 1 N–H and O–H groups in total. The second-order valence-corrected chi connectivity index (χ2v) is 8.30. The molecule has 0 saturated carbocycles. The van der Waals surface area contributed by atoms with E-state index in [0.29, 0.717) is 16.7 Å². The van der Waals surface area contributed by atoms with E-state index in [1.165, 1.54) is 36.1 Å². The number of fused-ring (bicyclic) bond motifs is 2. The zero-order chi connectivity index (χ0) is 18.8. The molecule has 0 radical (unpaired) electrons. The molecule has 6 heteroatoms. The molecule has 1 aliphatic rings. The molecular formula is C21H23N3O2S. The normalized spacial score (nSPS) is 14.4. The van der Waals surface area contributed by atoms with Crippen molar-refractivity contribution in [2.24, 2.45) is 0 Å². The predicted molar refractivity (Wildman–Crippen MR) is 108 cm³/mol. The fraction of sp³-hybridized carbons (Fsp3) is 0.381. The molecule has 1 aliphatic carbocycles. The van der Waals surface area contributed by atoms with Crippen LogP contribution in [0.2, 0.25) is 0 Å². The second-order valence-electron chi connectivity index (χ2n) is 7.16. The minimum atomic E-state index is -0.171. The van der Waals surface area contributed by atoms with Crippen molar-refractivity contribution in [3.63, 3.8) is 0 Å². The Bertz CT molecular complexity index is 1010. The molecule has 0 aliphatic heterocycles. The Morgan fingerprint density at radius 2 is 1.96 bits per heavy atom. The van der Waals surface area contributed by atoms with Crippen molar-refractivity contribution in [2.75, 3.05) is 7.05 Å². The van der Waals surface area contributed by atoms with Crippen molar-refractivity contribution in [3.8, 4) is 0 Å². The van der Waals surface area contributed by atoms with E-state index in [2.05, 4.69) is 16.0 Å². The van der Waals surface area contributed by atoms with Gasteiger partial charge in [-0.25, -0.2) is 4.98 Å². The monoisotopic (exact) mass is 381 g/mol. The van der Waals surface area contributed by atoms with Gasteiger partial charge in [-0.2, -0.15) is 0 Å². The summed E-state index contributed by atoms with van der Waals surface area (Å²) in [7, 11) is 1.76. The Kier molecular flexibility index (Phi) is 5.07. The molecule has 2 aromatic heterocycles. The van der Waals surface area contributed by atoms with E-state index >= 15 is 0 Å². The van der Waals surface area contributed by atoms with Crippen LogP contribution in [0.5, 0.6) is 0 Å². The number of aryl methyl sites for hydroxylation is 2. The molecule has 27 heavy (non-hydrogen) atoms. The number of amides is 1. The van der Waals surface area contributed by atoms with Crippen LogP contribution in [0.3, 0.4) is 0 Å². The standard InChI is InChI=1S/C21H23N3O2S/c1-24(13-19-22-16-10-7-6-9-15(16)20(25)23-19)21(26)18-12-14-8-4-2-3-5-11-17(14)27-18/h6-7,9-10,12H,2-5,8,11,13H2,1H3,(H,22,23,25). The van der Waals surface area contributed by atoms with Crippen LogP contribution in [0.4, 0.5) is 0 Å². The average molecular weight is 382 g/mol. The Balaban J connectivity index is 1.54. The van der Waals surface area contributed by atoms with Crippen molar-refractivity contribution in [3.05, 3.63) is 61.8 Å². The lowest BCUT2D eigenvalue weighted by Crippen LogP contribution is -2.27. The number of aromatic nitrogens is 2. The van der Waals surface area contributed by atoms with Crippen LogP contribution in [0.15, 0.2) is 35.1 Å². The number of hydrogen-bond donors (Lipinski definition) is 1. The van der Waals surface area contributed by atoms with Gasteiger partial charge in [0.05, 0.1) is 22.3 Å². The van der Waals surface area contributed by atoms with Gasteiger partial charge >= 0.3 is 0 Å². The van der Waals surface area contributed by atoms with Gasteiger partial charge < -0.3 is 9.88 Å². The van der Waals surface area contributed by atoms with Gasteiger partial charge in [-0.1, -0.05) is 25.0 Å². The van der Waals surface area contributed by atoms with Crippen molar-refractivity contribution in [2.45, 2.75) is 45.1 Å². The molecule has 0 spiro atoms. The van der Waals surface area contributed by atoms with E-state index in [1.54, 1.807) is 29.4 Å². The summed E-state index contributed by atoms with van der Waals surface area (Å²) in [5.74, 6) is 0.493. The van der Waals surface area contributed by atoms with Crippen LogP contribution in [0, 0.1) is 0 Å². The summed E-state index contributed by atoms with van der Waals surface area (Å²) in [5.41, 5.74) is 1.82. The highest BCUT2D eigenvalue weighted by atomic mass is 32.1. The third-order valence-electron chi connectivity index (χ3n) is 5.10. The van der Waals surface area contributed by atoms with Gasteiger partial charge in [0, 0.05) is 11.9 Å². The molecule has 1 amide bonds. The maximum atomic E-state index is 12.9. The van der Waals surface area contributed by atoms with Gasteiger partial charge in [-0.05, 0) is 49.4 Å². The van der Waals surface area contributed by atoms with Gasteiger partial charge in [-0.15, -0.1) is 11.3 Å². The first kappa shape index (κ1) is 17.9. The minimum absolute atomic E-state index is 0.0115. The van der Waals surface area contributed by atoms with Gasteiger partial charge in [0.1, 0.15) is 5.82 Å². The number of para-hydroxylation sites is 1. The fourth-order valence-electron chi connectivity index (χ4n) is 3.64. The molecule has 3 aromatic rings. The number of nitrogens with zero attached hydrogens (tertiary/aromatic N) is 2. The maximum Gasteiger partial charge on any atom is 0.264 e. The lowest BCUT2D eigenvalue weighted by atomic mass is 10.00. The lowest BCUT2D eigenvalue weighted by molar-refractivity contribution is 0.0786. The van der Waals surface area contributed by atoms with E-state index in [0.717, 1.165) is 17.7 Å². The first-order chi connectivity index (χ1) is 13.1. The van der Waals surface area contributed by atoms with Gasteiger partial charge in [-0.3, -0.25) is 9.59 Å². The van der Waals surface area contributed by atoms with Crippen LogP contribution in [-0.2, 0) is 19.4 Å². The number of thiophene rings is 1. The van der Waals surface area contributed by atoms with Gasteiger partial charge in [0.2, 0.25) is 0 Å². The highest BCUT2D eigenvalue weighted by Gasteiger charge is 2.19. The van der Waals surface area contributed by atoms with Crippen LogP contribution in [0.25, 0.3) is 10.9 Å². The molecule has 140 valence electrons. The molecule has 5 nitrogen and oxygen atoms in total. The Morgan fingerprint density at radius 1 is 1.19 bits per heavy atom. The molecule has 2 heterocycles. The van der Waals surface area contributed by atoms with Gasteiger partial charge in [0.15, 0.2) is 0 Å². The second kappa shape index (κ2) is 7.64. The van der Waals surface area contributed by atoms with Crippen LogP contribution < -0.4 is 5.56 Å². The summed E-state index contributed by atoms with van der Waals surface area (Å²) >= 11 is 1.63. The number of carbonyl (C=O) groups is 1. The summed E-state index contributed by atoms with van der Waals surface area (Å²) < 4.78 is 0. The number of aromatic amines is 1. The first-order valence-electron chi connectivity index (χ1n) is 9.47. The van der Waals surface area contributed by atoms with E-state index in [9.17, 15) is 9.59 Å². The number of nitrogens with one attached hydrogen (secondary N) is 1. The molecule has 4 rings (SSSR count). The Labute approximate surface area is 162 Å².